The second kappa shape index (κ2) is 10.8. The predicted molar refractivity (Wildman–Crippen MR) is 66.4 cm³/mol. The van der Waals surface area contributed by atoms with Gasteiger partial charge in [0.15, 0.2) is 5.12 Å². The van der Waals surface area contributed by atoms with E-state index in [1.165, 1.54) is 6.92 Å². The van der Waals surface area contributed by atoms with Gasteiger partial charge in [-0.1, -0.05) is 11.8 Å². The predicted octanol–water partition coefficient (Wildman–Crippen LogP) is -0.530. The first-order chi connectivity index (χ1) is 7.31. The Morgan fingerprint density at radius 2 is 1.94 bits per heavy atom. The maximum atomic E-state index is 10.1. The summed E-state index contributed by atoms with van der Waals surface area (Å²) in [6.45, 7) is 1.40. The number of thiol groups is 1. The Balaban J connectivity index is 0. The molecule has 8 heteroatoms. The maximum Gasteiger partial charge on any atom is 0.320 e. The van der Waals surface area contributed by atoms with Crippen LogP contribution in [-0.2, 0) is 14.4 Å². The fourth-order valence-corrected chi connectivity index (χ4v) is 1.06. The van der Waals surface area contributed by atoms with Crippen molar-refractivity contribution in [3.63, 3.8) is 0 Å². The maximum absolute atomic E-state index is 10.1. The van der Waals surface area contributed by atoms with Gasteiger partial charge >= 0.3 is 5.97 Å². The van der Waals surface area contributed by atoms with Gasteiger partial charge in [0, 0.05) is 6.92 Å². The number of primary amides is 1. The van der Waals surface area contributed by atoms with Crippen molar-refractivity contribution in [1.82, 2.24) is 0 Å². The molecule has 6 nitrogen and oxygen atoms in total. The highest BCUT2D eigenvalue weighted by atomic mass is 32.2. The Kier molecular flexibility index (Phi) is 11.9. The van der Waals surface area contributed by atoms with Crippen LogP contribution in [0.15, 0.2) is 0 Å². The van der Waals surface area contributed by atoms with Crippen LogP contribution in [-0.4, -0.2) is 39.6 Å². The van der Waals surface area contributed by atoms with Crippen molar-refractivity contribution in [3.8, 4) is 0 Å². The Labute approximate surface area is 104 Å². The molecule has 0 aromatic rings. The molecule has 0 fully saturated rings. The summed E-state index contributed by atoms with van der Waals surface area (Å²) in [7, 11) is 0. The smallest absolute Gasteiger partial charge is 0.320 e. The van der Waals surface area contributed by atoms with E-state index in [9.17, 15) is 14.4 Å². The molecule has 0 rings (SSSR count). The number of aliphatic carboxylic acids is 1. The second-order valence-corrected chi connectivity index (χ2v) is 4.30. The van der Waals surface area contributed by atoms with Crippen LogP contribution in [0.2, 0.25) is 0 Å². The minimum atomic E-state index is -0.959. The lowest BCUT2D eigenvalue weighted by Crippen LogP contribution is -2.30. The molecule has 0 saturated heterocycles. The van der Waals surface area contributed by atoms with Crippen molar-refractivity contribution in [2.45, 2.75) is 19.4 Å². The summed E-state index contributed by atoms with van der Waals surface area (Å²) < 4.78 is 0. The minimum Gasteiger partial charge on any atom is -0.480 e. The monoisotopic (exact) mass is 268 g/mol. The van der Waals surface area contributed by atoms with Gasteiger partial charge in [0.05, 0.1) is 5.75 Å². The van der Waals surface area contributed by atoms with Crippen LogP contribution in [0.3, 0.4) is 0 Å². The third kappa shape index (κ3) is 15.7. The van der Waals surface area contributed by atoms with Crippen molar-refractivity contribution in [2.24, 2.45) is 11.5 Å². The average Bonchev–Trinajstić information content (AvgIpc) is 2.16. The van der Waals surface area contributed by atoms with Gasteiger partial charge < -0.3 is 16.6 Å². The number of amides is 1. The Bertz CT molecular complexity index is 234. The molecular formula is C8H16N2O4S2. The molecule has 1 unspecified atom stereocenters. The van der Waals surface area contributed by atoms with E-state index in [1.54, 1.807) is 0 Å². The molecular weight excluding hydrogens is 252 g/mol. The van der Waals surface area contributed by atoms with Gasteiger partial charge in [0.25, 0.3) is 0 Å². The average molecular weight is 268 g/mol. The molecule has 0 radical (unpaired) electrons. The number of hydrogen-bond donors (Lipinski definition) is 4. The highest BCUT2D eigenvalue weighted by molar-refractivity contribution is 8.14. The Morgan fingerprint density at radius 3 is 2.06 bits per heavy atom. The first-order valence-electron chi connectivity index (χ1n) is 4.32. The highest BCUT2D eigenvalue weighted by Gasteiger charge is 2.08. The van der Waals surface area contributed by atoms with Crippen LogP contribution in [0.25, 0.3) is 0 Å². The summed E-state index contributed by atoms with van der Waals surface area (Å²) in [6.07, 6.45) is 0.429. The highest BCUT2D eigenvalue weighted by Crippen LogP contribution is 1.97. The zero-order valence-electron chi connectivity index (χ0n) is 8.88. The van der Waals surface area contributed by atoms with Crippen molar-refractivity contribution in [3.05, 3.63) is 0 Å². The van der Waals surface area contributed by atoms with Crippen LogP contribution in [0.5, 0.6) is 0 Å². The van der Waals surface area contributed by atoms with Gasteiger partial charge in [0.2, 0.25) is 5.91 Å². The summed E-state index contributed by atoms with van der Waals surface area (Å²) in [5.41, 5.74) is 9.81. The summed E-state index contributed by atoms with van der Waals surface area (Å²) in [5, 5.41) is 8.07. The van der Waals surface area contributed by atoms with Crippen LogP contribution in [0.4, 0.5) is 0 Å². The lowest BCUT2D eigenvalue weighted by Gasteiger charge is -2.00. The quantitative estimate of drug-likeness (QED) is 0.497. The van der Waals surface area contributed by atoms with Crippen molar-refractivity contribution in [2.75, 3.05) is 11.5 Å². The van der Waals surface area contributed by atoms with E-state index in [0.29, 0.717) is 12.2 Å². The van der Waals surface area contributed by atoms with E-state index < -0.39 is 17.9 Å². The summed E-state index contributed by atoms with van der Waals surface area (Å²) in [5.74, 6) is -0.799. The molecule has 0 saturated carbocycles. The van der Waals surface area contributed by atoms with Crippen LogP contribution in [0.1, 0.15) is 13.3 Å². The van der Waals surface area contributed by atoms with Crippen molar-refractivity contribution < 1.29 is 19.5 Å². The molecule has 1 atom stereocenters. The van der Waals surface area contributed by atoms with E-state index in [0.717, 1.165) is 11.8 Å². The first kappa shape index (κ1) is 17.7. The van der Waals surface area contributed by atoms with E-state index in [1.807, 2.05) is 0 Å². The number of rotatable bonds is 5. The van der Waals surface area contributed by atoms with E-state index >= 15 is 0 Å². The number of hydrogen-bond acceptors (Lipinski definition) is 6. The molecule has 0 aromatic carbocycles. The lowest BCUT2D eigenvalue weighted by molar-refractivity contribution is -0.138. The molecule has 1 amide bonds. The number of carbonyl (C=O) groups excluding carboxylic acids is 2. The number of carboxylic acid groups (broad SMARTS) is 1. The SMILES string of the molecule is CC(=O)SCC(N)=O.NC(CCS)C(=O)O. The van der Waals surface area contributed by atoms with E-state index in [4.69, 9.17) is 16.6 Å². The Morgan fingerprint density at radius 1 is 1.44 bits per heavy atom. The van der Waals surface area contributed by atoms with Gasteiger partial charge in [0.1, 0.15) is 6.04 Å². The van der Waals surface area contributed by atoms with Crippen LogP contribution in [0, 0.1) is 0 Å². The zero-order chi connectivity index (χ0) is 13.1. The first-order valence-corrected chi connectivity index (χ1v) is 5.94. The third-order valence-corrected chi connectivity index (χ3v) is 2.27. The van der Waals surface area contributed by atoms with Crippen molar-refractivity contribution >= 4 is 41.4 Å². The summed E-state index contributed by atoms with van der Waals surface area (Å²) in [6, 6.07) is -0.743. The molecule has 94 valence electrons. The molecule has 16 heavy (non-hydrogen) atoms. The third-order valence-electron chi connectivity index (χ3n) is 1.17. The molecule has 0 bridgehead atoms. The van der Waals surface area contributed by atoms with Gasteiger partial charge in [-0.3, -0.25) is 14.4 Å². The fraction of sp³-hybridized carbons (Fsp3) is 0.625. The number of thioether (sulfide) groups is 1. The Hall–Kier alpha value is -0.730. The molecule has 0 spiro atoms. The molecule has 0 aliphatic heterocycles. The summed E-state index contributed by atoms with van der Waals surface area (Å²) >= 11 is 4.74. The standard InChI is InChI=1S/C4H7NO2S.C4H9NO2S/c1-3(6)8-2-4(5)7;5-3(1-2-8)4(6)7/h2H2,1H3,(H2,5,7);3,8H,1-2,5H2,(H,6,7). The molecule has 0 heterocycles. The van der Waals surface area contributed by atoms with Gasteiger partial charge in [-0.15, -0.1) is 0 Å². The molecule has 5 N–H and O–H groups in total. The summed E-state index contributed by atoms with van der Waals surface area (Å²) in [4.78, 5) is 30.0. The van der Waals surface area contributed by atoms with Crippen molar-refractivity contribution in [1.29, 1.82) is 0 Å². The van der Waals surface area contributed by atoms with E-state index in [-0.39, 0.29) is 10.9 Å². The molecule has 0 aromatic heterocycles. The molecule has 0 aliphatic carbocycles. The minimum absolute atomic E-state index is 0.0798. The normalized spacial score (nSPS) is 10.9. The topological polar surface area (TPSA) is 123 Å². The van der Waals surface area contributed by atoms with Gasteiger partial charge in [-0.2, -0.15) is 12.6 Å². The largest absolute Gasteiger partial charge is 0.480 e. The van der Waals surface area contributed by atoms with Crippen LogP contribution >= 0.6 is 24.4 Å². The van der Waals surface area contributed by atoms with Gasteiger partial charge in [-0.25, -0.2) is 0 Å². The number of carbonyl (C=O) groups is 3. The van der Waals surface area contributed by atoms with Gasteiger partial charge in [-0.05, 0) is 12.2 Å². The lowest BCUT2D eigenvalue weighted by atomic mass is 10.2. The number of carboxylic acids is 1. The van der Waals surface area contributed by atoms with E-state index in [2.05, 4.69) is 12.6 Å². The zero-order valence-corrected chi connectivity index (χ0v) is 10.6. The fourth-order valence-electron chi connectivity index (χ4n) is 0.435. The van der Waals surface area contributed by atoms with Crippen LogP contribution < -0.4 is 11.5 Å². The second-order valence-electron chi connectivity index (χ2n) is 2.70. The molecule has 0 aliphatic rings. The number of nitrogens with two attached hydrogens (primary N) is 2.